The van der Waals surface area contributed by atoms with Gasteiger partial charge in [-0.25, -0.2) is 9.07 Å². The molecule has 1 fully saturated rings. The molecule has 1 aromatic heterocycles. The number of rotatable bonds is 5. The van der Waals surface area contributed by atoms with Crippen LogP contribution in [0.15, 0.2) is 30.5 Å². The average Bonchev–Trinajstić information content (AvgIpc) is 3.00. The lowest BCUT2D eigenvalue weighted by molar-refractivity contribution is -0.144. The minimum Gasteiger partial charge on any atom is -0.413 e. The Balaban J connectivity index is 1.76. The molecule has 1 saturated heterocycles. The third-order valence-electron chi connectivity index (χ3n) is 5.66. The van der Waals surface area contributed by atoms with Crippen LogP contribution in [0.3, 0.4) is 0 Å². The molecule has 3 atom stereocenters. The first-order valence-corrected chi connectivity index (χ1v) is 12.1. The number of hydrogen-bond acceptors (Lipinski definition) is 4. The molecular weight excluding hydrogens is 363 g/mol. The highest BCUT2D eigenvalue weighted by Gasteiger charge is 2.48. The molecule has 2 heterocycles. The smallest absolute Gasteiger partial charge is 0.231 e. The van der Waals surface area contributed by atoms with Crippen molar-refractivity contribution in [3.63, 3.8) is 0 Å². The molecule has 2 aromatic rings. The summed E-state index contributed by atoms with van der Waals surface area (Å²) in [6, 6.07) is 6.09. The lowest BCUT2D eigenvalue weighted by Crippen LogP contribution is -2.60. The van der Waals surface area contributed by atoms with Crippen molar-refractivity contribution in [2.24, 2.45) is 5.92 Å². The molecule has 1 N–H and O–H groups in total. The second-order valence-corrected chi connectivity index (χ2v) is 13.4. The van der Waals surface area contributed by atoms with Crippen LogP contribution in [0.4, 0.5) is 4.39 Å². The predicted molar refractivity (Wildman–Crippen MR) is 104 cm³/mol. The van der Waals surface area contributed by atoms with Gasteiger partial charge in [0, 0.05) is 5.56 Å². The number of nitrogens with zero attached hydrogens (tertiary/aromatic N) is 3. The Labute approximate surface area is 160 Å². The van der Waals surface area contributed by atoms with Crippen LogP contribution in [-0.2, 0) is 9.22 Å². The van der Waals surface area contributed by atoms with Gasteiger partial charge in [0.05, 0.1) is 12.3 Å². The highest BCUT2D eigenvalue weighted by atomic mass is 28.4. The zero-order chi connectivity index (χ0) is 20.0. The van der Waals surface area contributed by atoms with Gasteiger partial charge >= 0.3 is 0 Å². The molecule has 3 rings (SSSR count). The van der Waals surface area contributed by atoms with Gasteiger partial charge in [0.2, 0.25) is 5.91 Å². The number of amides is 1. The molecule has 146 valence electrons. The Bertz CT molecular complexity index is 829. The number of benzene rings is 1. The molecule has 1 amide bonds. The number of carbonyl (C=O) groups excluding carboxylic acids is 1. The van der Waals surface area contributed by atoms with E-state index < -0.39 is 8.32 Å². The van der Waals surface area contributed by atoms with Crippen LogP contribution in [0.2, 0.25) is 18.1 Å². The van der Waals surface area contributed by atoms with Gasteiger partial charge in [0.25, 0.3) is 0 Å². The fraction of sp³-hybridized carbons (Fsp3) is 0.526. The van der Waals surface area contributed by atoms with Gasteiger partial charge in [0.1, 0.15) is 23.6 Å². The minimum atomic E-state index is -1.99. The van der Waals surface area contributed by atoms with Gasteiger partial charge in [0.15, 0.2) is 8.32 Å². The molecule has 6 nitrogen and oxygen atoms in total. The lowest BCUT2D eigenvalue weighted by atomic mass is 9.92. The van der Waals surface area contributed by atoms with Gasteiger partial charge in [-0.2, -0.15) is 0 Å². The standard InChI is InChI=1S/C19H27FN4O2Si/c1-12(26-27(5,6)19(2,3)4)16-17(21-18(16)25)24-11-15(22-23-24)13-7-9-14(20)10-8-13/h7-12,16-17H,1-6H3,(H,21,25)/t12-,16-,17-/m1/s1. The van der Waals surface area contributed by atoms with Crippen molar-refractivity contribution in [2.75, 3.05) is 0 Å². The quantitative estimate of drug-likeness (QED) is 0.624. The molecule has 0 saturated carbocycles. The van der Waals surface area contributed by atoms with Gasteiger partial charge in [-0.3, -0.25) is 4.79 Å². The summed E-state index contributed by atoms with van der Waals surface area (Å²) in [4.78, 5) is 12.2. The molecule has 8 heteroatoms. The normalized spacial score (nSPS) is 21.5. The van der Waals surface area contributed by atoms with E-state index >= 15 is 0 Å². The third kappa shape index (κ3) is 3.82. The highest BCUT2D eigenvalue weighted by Crippen LogP contribution is 2.40. The van der Waals surface area contributed by atoms with E-state index in [0.717, 1.165) is 5.56 Å². The Morgan fingerprint density at radius 3 is 2.44 bits per heavy atom. The van der Waals surface area contributed by atoms with Gasteiger partial charge < -0.3 is 9.74 Å². The Morgan fingerprint density at radius 1 is 1.26 bits per heavy atom. The van der Waals surface area contributed by atoms with E-state index in [1.54, 1.807) is 23.0 Å². The van der Waals surface area contributed by atoms with Crippen LogP contribution in [0.5, 0.6) is 0 Å². The monoisotopic (exact) mass is 390 g/mol. The SMILES string of the molecule is C[C@@H](O[Si](C)(C)C(C)(C)C)[C@H]1C(=O)N[C@@H]1n1cc(-c2ccc(F)cc2)nn1. The van der Waals surface area contributed by atoms with Crippen molar-refractivity contribution in [3.05, 3.63) is 36.3 Å². The number of aromatic nitrogens is 3. The second-order valence-electron chi connectivity index (χ2n) is 8.65. The summed E-state index contributed by atoms with van der Waals surface area (Å²) in [6.07, 6.45) is 1.26. The number of carbonyl (C=O) groups is 1. The first kappa shape index (κ1) is 19.7. The van der Waals surface area contributed by atoms with Crippen molar-refractivity contribution in [1.82, 2.24) is 20.3 Å². The van der Waals surface area contributed by atoms with E-state index in [1.165, 1.54) is 12.1 Å². The van der Waals surface area contributed by atoms with E-state index in [9.17, 15) is 9.18 Å². The Morgan fingerprint density at radius 2 is 1.89 bits per heavy atom. The maximum atomic E-state index is 13.1. The van der Waals surface area contributed by atoms with E-state index in [0.29, 0.717) is 5.69 Å². The average molecular weight is 391 g/mol. The Kier molecular flexibility index (Phi) is 4.98. The molecule has 0 radical (unpaired) electrons. The van der Waals surface area contributed by atoms with Crippen molar-refractivity contribution < 1.29 is 13.6 Å². The summed E-state index contributed by atoms with van der Waals surface area (Å²) >= 11 is 0. The summed E-state index contributed by atoms with van der Waals surface area (Å²) in [5, 5.41) is 11.3. The van der Waals surface area contributed by atoms with E-state index in [-0.39, 0.29) is 35.0 Å². The number of halogens is 1. The Hall–Kier alpha value is -2.06. The third-order valence-corrected chi connectivity index (χ3v) is 10.2. The fourth-order valence-electron chi connectivity index (χ4n) is 2.96. The topological polar surface area (TPSA) is 69.0 Å². The van der Waals surface area contributed by atoms with E-state index in [1.807, 2.05) is 6.92 Å². The van der Waals surface area contributed by atoms with Crippen LogP contribution >= 0.6 is 0 Å². The number of β-lactam (4-membered cyclic amide) rings is 1. The van der Waals surface area contributed by atoms with Crippen molar-refractivity contribution >= 4 is 14.2 Å². The van der Waals surface area contributed by atoms with Crippen LogP contribution in [0, 0.1) is 11.7 Å². The molecule has 0 bridgehead atoms. The number of hydrogen-bond donors (Lipinski definition) is 1. The largest absolute Gasteiger partial charge is 0.413 e. The minimum absolute atomic E-state index is 0.0370. The fourth-order valence-corrected chi connectivity index (χ4v) is 4.39. The lowest BCUT2D eigenvalue weighted by Gasteiger charge is -2.45. The number of nitrogens with one attached hydrogen (secondary N) is 1. The highest BCUT2D eigenvalue weighted by molar-refractivity contribution is 6.74. The summed E-state index contributed by atoms with van der Waals surface area (Å²) in [6.45, 7) is 12.8. The maximum Gasteiger partial charge on any atom is 0.231 e. The predicted octanol–water partition coefficient (Wildman–Crippen LogP) is 3.74. The molecule has 1 aliphatic rings. The van der Waals surface area contributed by atoms with Crippen LogP contribution < -0.4 is 5.32 Å². The van der Waals surface area contributed by atoms with Crippen LogP contribution in [0.1, 0.15) is 33.9 Å². The van der Waals surface area contributed by atoms with E-state index in [4.69, 9.17) is 4.43 Å². The van der Waals surface area contributed by atoms with Crippen molar-refractivity contribution in [3.8, 4) is 11.3 Å². The summed E-state index contributed by atoms with van der Waals surface area (Å²) < 4.78 is 21.2. The first-order valence-electron chi connectivity index (χ1n) is 9.15. The second kappa shape index (κ2) is 6.83. The van der Waals surface area contributed by atoms with Gasteiger partial charge in [-0.15, -0.1) is 5.10 Å². The molecule has 27 heavy (non-hydrogen) atoms. The molecule has 1 aliphatic heterocycles. The molecule has 0 unspecified atom stereocenters. The van der Waals surface area contributed by atoms with Crippen molar-refractivity contribution in [1.29, 1.82) is 0 Å². The first-order chi connectivity index (χ1) is 12.5. The summed E-state index contributed by atoms with van der Waals surface area (Å²) in [5.74, 6) is -0.652. The van der Waals surface area contributed by atoms with Crippen molar-refractivity contribution in [2.45, 2.75) is 58.1 Å². The van der Waals surface area contributed by atoms with Crippen LogP contribution in [-0.4, -0.2) is 35.3 Å². The molecule has 1 aromatic carbocycles. The zero-order valence-corrected chi connectivity index (χ0v) is 17.7. The maximum absolute atomic E-state index is 13.1. The van der Waals surface area contributed by atoms with Gasteiger partial charge in [-0.1, -0.05) is 26.0 Å². The molecule has 0 spiro atoms. The zero-order valence-electron chi connectivity index (χ0n) is 16.7. The van der Waals surface area contributed by atoms with Crippen LogP contribution in [0.25, 0.3) is 11.3 Å². The van der Waals surface area contributed by atoms with Gasteiger partial charge in [-0.05, 0) is 49.3 Å². The van der Waals surface area contributed by atoms with E-state index in [2.05, 4.69) is 49.5 Å². The summed E-state index contributed by atoms with van der Waals surface area (Å²) in [5.41, 5.74) is 1.41. The molecular formula is C19H27FN4O2Si. The molecule has 0 aliphatic carbocycles. The summed E-state index contributed by atoms with van der Waals surface area (Å²) in [7, 11) is -1.99.